The molecule has 1 aliphatic heterocycles. The fourth-order valence-electron chi connectivity index (χ4n) is 6.35. The number of nitrogens with zero attached hydrogens (tertiary/aromatic N) is 1. The minimum absolute atomic E-state index is 0.278. The Labute approximate surface area is 249 Å². The minimum Gasteiger partial charge on any atom is -0.465 e. The second-order valence-corrected chi connectivity index (χ2v) is 13.2. The lowest BCUT2D eigenvalue weighted by atomic mass is 10.0. The molecule has 1 heterocycles. The Morgan fingerprint density at radius 1 is 0.650 bits per heavy atom. The van der Waals surface area contributed by atoms with Crippen LogP contribution in [-0.4, -0.2) is 45.7 Å². The Morgan fingerprint density at radius 2 is 0.950 bits per heavy atom. The molecule has 1 fully saturated rings. The molecule has 0 bridgehead atoms. The lowest BCUT2D eigenvalue weighted by Crippen LogP contribution is -2.51. The summed E-state index contributed by atoms with van der Waals surface area (Å²) < 4.78 is 5.59. The maximum atomic E-state index is 11.6. The average molecular weight is 568 g/mol. The quantitative estimate of drug-likeness (QED) is 0.0922. The molecule has 0 saturated carbocycles. The normalized spacial score (nSPS) is 17.5. The van der Waals surface area contributed by atoms with Crippen LogP contribution in [0.5, 0.6) is 0 Å². The molecule has 5 heteroatoms. The summed E-state index contributed by atoms with van der Waals surface area (Å²) in [5, 5.41) is 20.0. The number of hydrogen-bond donors (Lipinski definition) is 2. The molecule has 2 atom stereocenters. The third-order valence-corrected chi connectivity index (χ3v) is 9.02. The van der Waals surface area contributed by atoms with E-state index in [1.54, 1.807) is 13.8 Å². The predicted molar refractivity (Wildman–Crippen MR) is 170 cm³/mol. The zero-order valence-corrected chi connectivity index (χ0v) is 27.1. The van der Waals surface area contributed by atoms with Gasteiger partial charge >= 0.3 is 6.09 Å². The Morgan fingerprint density at radius 3 is 1.25 bits per heavy atom. The molecule has 5 nitrogen and oxygen atoms in total. The SMILES string of the molecule is CCCCCCCCCCCCCCCCCCCCCCCCCCCC[C@@H](O)[C@@H]1COC(C)(C)N1C(=O)O. The molecule has 40 heavy (non-hydrogen) atoms. The first-order valence-electron chi connectivity index (χ1n) is 17.7. The van der Waals surface area contributed by atoms with Crippen molar-refractivity contribution >= 4 is 6.09 Å². The van der Waals surface area contributed by atoms with E-state index in [1.165, 1.54) is 159 Å². The highest BCUT2D eigenvalue weighted by Gasteiger charge is 2.46. The number of aliphatic hydroxyl groups excluding tert-OH is 1. The molecule has 1 aliphatic rings. The Kier molecular flexibility index (Phi) is 23.0. The third kappa shape index (κ3) is 18.6. The smallest absolute Gasteiger partial charge is 0.409 e. The van der Waals surface area contributed by atoms with Crippen LogP contribution in [0.3, 0.4) is 0 Å². The van der Waals surface area contributed by atoms with Gasteiger partial charge in [0, 0.05) is 0 Å². The molecule has 0 radical (unpaired) electrons. The number of carbonyl (C=O) groups is 1. The lowest BCUT2D eigenvalue weighted by molar-refractivity contribution is -0.0469. The largest absolute Gasteiger partial charge is 0.465 e. The summed E-state index contributed by atoms with van der Waals surface area (Å²) in [5.41, 5.74) is -0.858. The first kappa shape index (κ1) is 37.2. The van der Waals surface area contributed by atoms with Crippen molar-refractivity contribution < 1.29 is 19.7 Å². The highest BCUT2D eigenvalue weighted by atomic mass is 16.5. The number of amides is 1. The summed E-state index contributed by atoms with van der Waals surface area (Å²) in [6.45, 7) is 6.06. The van der Waals surface area contributed by atoms with Gasteiger partial charge in [-0.3, -0.25) is 4.90 Å². The summed E-state index contributed by atoms with van der Waals surface area (Å²) in [6.07, 6.45) is 34.9. The summed E-state index contributed by atoms with van der Waals surface area (Å²) in [6, 6.07) is -0.452. The van der Waals surface area contributed by atoms with E-state index < -0.39 is 24.0 Å². The number of hydrogen-bond acceptors (Lipinski definition) is 3. The van der Waals surface area contributed by atoms with Crippen LogP contribution in [0, 0.1) is 0 Å². The highest BCUT2D eigenvalue weighted by molar-refractivity contribution is 5.66. The van der Waals surface area contributed by atoms with Gasteiger partial charge in [0.25, 0.3) is 0 Å². The monoisotopic (exact) mass is 568 g/mol. The van der Waals surface area contributed by atoms with Gasteiger partial charge in [-0.1, -0.05) is 174 Å². The molecule has 1 rings (SSSR count). The van der Waals surface area contributed by atoms with Gasteiger partial charge < -0.3 is 14.9 Å². The van der Waals surface area contributed by atoms with Gasteiger partial charge in [-0.05, 0) is 20.3 Å². The van der Waals surface area contributed by atoms with Gasteiger partial charge in [0.05, 0.1) is 18.8 Å². The summed E-state index contributed by atoms with van der Waals surface area (Å²) in [5.74, 6) is 0. The molecule has 0 aromatic rings. The van der Waals surface area contributed by atoms with Crippen LogP contribution in [0.25, 0.3) is 0 Å². The van der Waals surface area contributed by atoms with Crippen molar-refractivity contribution in [3.8, 4) is 0 Å². The lowest BCUT2D eigenvalue weighted by Gasteiger charge is -2.32. The van der Waals surface area contributed by atoms with Crippen molar-refractivity contribution in [1.82, 2.24) is 4.90 Å². The average Bonchev–Trinajstić information content (AvgIpc) is 3.25. The topological polar surface area (TPSA) is 70.0 Å². The van der Waals surface area contributed by atoms with Crippen LogP contribution in [0.1, 0.15) is 194 Å². The first-order valence-corrected chi connectivity index (χ1v) is 17.7. The van der Waals surface area contributed by atoms with Crippen molar-refractivity contribution in [3.63, 3.8) is 0 Å². The van der Waals surface area contributed by atoms with Crippen LogP contribution in [0.2, 0.25) is 0 Å². The molecular weight excluding hydrogens is 498 g/mol. The molecular formula is C35H69NO4. The van der Waals surface area contributed by atoms with E-state index in [1.807, 2.05) is 0 Å². The molecule has 0 aromatic carbocycles. The van der Waals surface area contributed by atoms with Crippen molar-refractivity contribution in [3.05, 3.63) is 0 Å². The Balaban J connectivity index is 1.76. The second kappa shape index (κ2) is 24.8. The first-order chi connectivity index (χ1) is 19.4. The van der Waals surface area contributed by atoms with E-state index in [9.17, 15) is 15.0 Å². The fraction of sp³-hybridized carbons (Fsp3) is 0.971. The van der Waals surface area contributed by atoms with Crippen molar-refractivity contribution in [2.75, 3.05) is 6.61 Å². The summed E-state index contributed by atoms with van der Waals surface area (Å²) in [4.78, 5) is 12.8. The van der Waals surface area contributed by atoms with Crippen molar-refractivity contribution in [2.45, 2.75) is 212 Å². The van der Waals surface area contributed by atoms with Gasteiger partial charge in [-0.15, -0.1) is 0 Å². The van der Waals surface area contributed by atoms with E-state index in [2.05, 4.69) is 6.92 Å². The van der Waals surface area contributed by atoms with Gasteiger partial charge in [0.1, 0.15) is 5.72 Å². The molecule has 0 spiro atoms. The van der Waals surface area contributed by atoms with Crippen molar-refractivity contribution in [2.24, 2.45) is 0 Å². The summed E-state index contributed by atoms with van der Waals surface area (Å²) in [7, 11) is 0. The van der Waals surface area contributed by atoms with E-state index in [0.717, 1.165) is 12.8 Å². The zero-order valence-electron chi connectivity index (χ0n) is 27.1. The molecule has 2 N–H and O–H groups in total. The Bertz CT molecular complexity index is 582. The standard InChI is InChI=1S/C35H69NO4/c1-4-5-6-7-8-9-10-11-12-13-14-15-16-17-18-19-20-21-22-23-24-25-26-27-28-29-30-33(37)32-31-40-35(2,3)36(32)34(38)39/h32-33,37H,4-31H2,1-3H3,(H,38,39)/t32-,33+/m0/s1. The van der Waals surface area contributed by atoms with Gasteiger partial charge in [-0.25, -0.2) is 4.79 Å². The minimum atomic E-state index is -1.02. The second-order valence-electron chi connectivity index (χ2n) is 13.2. The maximum Gasteiger partial charge on any atom is 0.409 e. The fourth-order valence-corrected chi connectivity index (χ4v) is 6.35. The van der Waals surface area contributed by atoms with Gasteiger partial charge in [-0.2, -0.15) is 0 Å². The zero-order chi connectivity index (χ0) is 29.3. The number of unbranched alkanes of at least 4 members (excludes halogenated alkanes) is 25. The van der Waals surface area contributed by atoms with Crippen LogP contribution >= 0.6 is 0 Å². The van der Waals surface area contributed by atoms with E-state index >= 15 is 0 Å². The molecule has 0 aromatic heterocycles. The number of ether oxygens (including phenoxy) is 1. The van der Waals surface area contributed by atoms with Crippen molar-refractivity contribution in [1.29, 1.82) is 0 Å². The number of rotatable bonds is 28. The number of carboxylic acid groups (broad SMARTS) is 1. The van der Waals surface area contributed by atoms with Gasteiger partial charge in [0.15, 0.2) is 0 Å². The number of aliphatic hydroxyl groups is 1. The van der Waals surface area contributed by atoms with Crippen LogP contribution in [0.4, 0.5) is 4.79 Å². The highest BCUT2D eigenvalue weighted by Crippen LogP contribution is 2.30. The summed E-state index contributed by atoms with van der Waals surface area (Å²) >= 11 is 0. The molecule has 238 valence electrons. The molecule has 0 aliphatic carbocycles. The van der Waals surface area contributed by atoms with E-state index in [4.69, 9.17) is 4.74 Å². The van der Waals surface area contributed by atoms with E-state index in [0.29, 0.717) is 6.42 Å². The molecule has 0 unspecified atom stereocenters. The molecule has 1 amide bonds. The predicted octanol–water partition coefficient (Wildman–Crippen LogP) is 11.0. The third-order valence-electron chi connectivity index (χ3n) is 9.02. The van der Waals surface area contributed by atoms with Gasteiger partial charge in [0.2, 0.25) is 0 Å². The van der Waals surface area contributed by atoms with Crippen LogP contribution in [0.15, 0.2) is 0 Å². The maximum absolute atomic E-state index is 11.6. The van der Waals surface area contributed by atoms with Crippen LogP contribution < -0.4 is 0 Å². The van der Waals surface area contributed by atoms with E-state index in [-0.39, 0.29) is 6.61 Å². The van der Waals surface area contributed by atoms with Crippen LogP contribution in [-0.2, 0) is 4.74 Å². The Hall–Kier alpha value is -0.810. The molecule has 1 saturated heterocycles.